The molecule has 2 rings (SSSR count). The van der Waals surface area contributed by atoms with E-state index in [-0.39, 0.29) is 21.1 Å². The maximum absolute atomic E-state index is 2.28. The molecule has 0 unspecified atom stereocenters. The average Bonchev–Trinajstić information content (AvgIpc) is 2.34. The SMILES string of the molecule is Cc1ccc([CH2][Sn+2][CH2]c2ccc(C)cc2)cc1. The van der Waals surface area contributed by atoms with Crippen LogP contribution in [0.3, 0.4) is 0 Å². The molecule has 0 aliphatic carbocycles. The molecule has 0 aliphatic heterocycles. The molecule has 0 nitrogen and oxygen atoms in total. The van der Waals surface area contributed by atoms with Crippen LogP contribution in [0.25, 0.3) is 0 Å². The van der Waals surface area contributed by atoms with E-state index in [1.165, 1.54) is 31.1 Å². The van der Waals surface area contributed by atoms with E-state index in [4.69, 9.17) is 0 Å². The molecule has 0 atom stereocenters. The van der Waals surface area contributed by atoms with Crippen molar-refractivity contribution in [3.05, 3.63) is 70.8 Å². The molecule has 2 aromatic carbocycles. The molecule has 0 N–H and O–H groups in total. The van der Waals surface area contributed by atoms with Crippen molar-refractivity contribution in [2.75, 3.05) is 0 Å². The third-order valence-electron chi connectivity index (χ3n) is 2.90. The molecule has 0 saturated heterocycles. The fraction of sp³-hybridized carbons (Fsp3) is 0.250. The van der Waals surface area contributed by atoms with Crippen molar-refractivity contribution in [3.8, 4) is 0 Å². The number of hydrogen-bond donors (Lipinski definition) is 0. The summed E-state index contributed by atoms with van der Waals surface area (Å²) in [5, 5.41) is 0. The molecule has 0 saturated carbocycles. The van der Waals surface area contributed by atoms with Crippen LogP contribution in [0, 0.1) is 13.8 Å². The van der Waals surface area contributed by atoms with Crippen molar-refractivity contribution in [2.45, 2.75) is 22.7 Å². The topological polar surface area (TPSA) is 0 Å². The van der Waals surface area contributed by atoms with Gasteiger partial charge in [-0.05, 0) is 0 Å². The molecule has 2 aromatic rings. The van der Waals surface area contributed by atoms with Crippen molar-refractivity contribution < 1.29 is 0 Å². The summed E-state index contributed by atoms with van der Waals surface area (Å²) in [7, 11) is 0. The zero-order valence-corrected chi connectivity index (χ0v) is 13.4. The monoisotopic (exact) mass is 330 g/mol. The van der Waals surface area contributed by atoms with Crippen LogP contribution in [0.5, 0.6) is 0 Å². The molecule has 84 valence electrons. The van der Waals surface area contributed by atoms with E-state index < -0.39 is 0 Å². The van der Waals surface area contributed by atoms with Crippen LogP contribution in [-0.4, -0.2) is 21.1 Å². The van der Waals surface area contributed by atoms with Crippen LogP contribution >= 0.6 is 0 Å². The standard InChI is InChI=1S/2C8H9.Sn/c2*1-7-3-5-8(2)6-4-7;/h2*3-6H,1H2,2H3;/q;;+2. The predicted molar refractivity (Wildman–Crippen MR) is 75.5 cm³/mol. The Bertz CT molecular complexity index is 408. The van der Waals surface area contributed by atoms with Crippen LogP contribution in [0.15, 0.2) is 48.5 Å². The first-order valence-corrected chi connectivity index (χ1v) is 10.1. The summed E-state index contributed by atoms with van der Waals surface area (Å²) in [4.78, 5) is 0. The summed E-state index contributed by atoms with van der Waals surface area (Å²) < 4.78 is 2.69. The zero-order chi connectivity index (χ0) is 12.1. The number of aryl methyl sites for hydroxylation is 2. The number of rotatable bonds is 4. The second kappa shape index (κ2) is 6.25. The van der Waals surface area contributed by atoms with Crippen molar-refractivity contribution in [2.24, 2.45) is 0 Å². The normalized spacial score (nSPS) is 10.0. The quantitative estimate of drug-likeness (QED) is 0.751. The molecule has 0 bridgehead atoms. The van der Waals surface area contributed by atoms with E-state index in [1.807, 2.05) is 0 Å². The second-order valence-electron chi connectivity index (χ2n) is 4.57. The molecule has 1 heteroatoms. The van der Waals surface area contributed by atoms with Gasteiger partial charge in [-0.2, -0.15) is 0 Å². The molecule has 0 radical (unpaired) electrons. The van der Waals surface area contributed by atoms with Crippen LogP contribution in [0.4, 0.5) is 0 Å². The average molecular weight is 329 g/mol. The van der Waals surface area contributed by atoms with Crippen molar-refractivity contribution in [1.29, 1.82) is 0 Å². The molecule has 0 heterocycles. The van der Waals surface area contributed by atoms with Crippen LogP contribution < -0.4 is 0 Å². The number of benzene rings is 2. The summed E-state index contributed by atoms with van der Waals surface area (Å²) in [6.45, 7) is 4.30. The Hall–Kier alpha value is -0.761. The summed E-state index contributed by atoms with van der Waals surface area (Å²) in [5.41, 5.74) is 5.76. The maximum atomic E-state index is 2.28. The van der Waals surface area contributed by atoms with E-state index in [0.717, 1.165) is 0 Å². The van der Waals surface area contributed by atoms with Crippen LogP contribution in [-0.2, 0) is 8.87 Å². The first-order valence-electron chi connectivity index (χ1n) is 6.06. The van der Waals surface area contributed by atoms with Gasteiger partial charge in [0.05, 0.1) is 0 Å². The van der Waals surface area contributed by atoms with E-state index in [1.54, 1.807) is 0 Å². The van der Waals surface area contributed by atoms with Gasteiger partial charge < -0.3 is 0 Å². The van der Waals surface area contributed by atoms with Gasteiger partial charge in [0.1, 0.15) is 0 Å². The van der Waals surface area contributed by atoms with Gasteiger partial charge in [-0.3, -0.25) is 0 Å². The Morgan fingerprint density at radius 3 is 1.35 bits per heavy atom. The minimum absolute atomic E-state index is 0.287. The van der Waals surface area contributed by atoms with Gasteiger partial charge in [-0.15, -0.1) is 0 Å². The Kier molecular flexibility index (Phi) is 4.66. The Balaban J connectivity index is 1.83. The van der Waals surface area contributed by atoms with Gasteiger partial charge in [-0.1, -0.05) is 0 Å². The van der Waals surface area contributed by atoms with Gasteiger partial charge in [0.2, 0.25) is 0 Å². The fourth-order valence-corrected chi connectivity index (χ4v) is 5.11. The second-order valence-corrected chi connectivity index (χ2v) is 8.02. The minimum atomic E-state index is -0.287. The molecule has 0 fully saturated rings. The predicted octanol–water partition coefficient (Wildman–Crippen LogP) is 3.71. The molecule has 0 amide bonds. The van der Waals surface area contributed by atoms with Gasteiger partial charge in [0.25, 0.3) is 0 Å². The van der Waals surface area contributed by atoms with E-state index in [2.05, 4.69) is 62.4 Å². The van der Waals surface area contributed by atoms with Crippen molar-refractivity contribution >= 4 is 21.1 Å². The van der Waals surface area contributed by atoms with E-state index >= 15 is 0 Å². The van der Waals surface area contributed by atoms with Crippen molar-refractivity contribution in [3.63, 3.8) is 0 Å². The third-order valence-corrected chi connectivity index (χ3v) is 6.66. The first kappa shape index (κ1) is 12.7. The van der Waals surface area contributed by atoms with Gasteiger partial charge >= 0.3 is 115 Å². The van der Waals surface area contributed by atoms with Gasteiger partial charge in [0, 0.05) is 0 Å². The summed E-state index contributed by atoms with van der Waals surface area (Å²) in [5.74, 6) is 0. The summed E-state index contributed by atoms with van der Waals surface area (Å²) in [6.07, 6.45) is 0. The van der Waals surface area contributed by atoms with E-state index in [0.29, 0.717) is 0 Å². The molecular formula is C16H18Sn+2. The van der Waals surface area contributed by atoms with Crippen LogP contribution in [0.2, 0.25) is 0 Å². The van der Waals surface area contributed by atoms with Gasteiger partial charge in [0.15, 0.2) is 0 Å². The summed E-state index contributed by atoms with van der Waals surface area (Å²) >= 11 is -0.287. The van der Waals surface area contributed by atoms with Gasteiger partial charge in [-0.25, -0.2) is 0 Å². The Morgan fingerprint density at radius 2 is 1.00 bits per heavy atom. The summed E-state index contributed by atoms with van der Waals surface area (Å²) in [6, 6.07) is 18.0. The Morgan fingerprint density at radius 1 is 0.647 bits per heavy atom. The number of hydrogen-bond acceptors (Lipinski definition) is 0. The molecular weight excluding hydrogens is 311 g/mol. The van der Waals surface area contributed by atoms with E-state index in [9.17, 15) is 0 Å². The molecule has 0 spiro atoms. The van der Waals surface area contributed by atoms with Crippen molar-refractivity contribution in [1.82, 2.24) is 0 Å². The first-order chi connectivity index (χ1) is 8.24. The third kappa shape index (κ3) is 4.19. The molecule has 0 aliphatic rings. The van der Waals surface area contributed by atoms with Crippen LogP contribution in [0.1, 0.15) is 22.3 Å². The molecule has 17 heavy (non-hydrogen) atoms. The molecule has 0 aromatic heterocycles. The Labute approximate surface area is 114 Å². The zero-order valence-electron chi connectivity index (χ0n) is 10.5. The fourth-order valence-electron chi connectivity index (χ4n) is 1.76.